The van der Waals surface area contributed by atoms with Gasteiger partial charge in [0.25, 0.3) is 0 Å². The summed E-state index contributed by atoms with van der Waals surface area (Å²) in [4.78, 5) is 95.9. The van der Waals surface area contributed by atoms with Crippen molar-refractivity contribution in [1.82, 2.24) is 0 Å². The first kappa shape index (κ1) is 74.8. The van der Waals surface area contributed by atoms with Crippen LogP contribution in [0.4, 0.5) is 0 Å². The molecule has 0 aromatic heterocycles. The van der Waals surface area contributed by atoms with Crippen LogP contribution in [0.3, 0.4) is 0 Å². The Kier molecular flexibility index (Phi) is 25.3. The number of hydrogen-bond donors (Lipinski definition) is 0. The summed E-state index contributed by atoms with van der Waals surface area (Å²) >= 11 is 0. The first-order chi connectivity index (χ1) is 42.0. The zero-order valence-electron chi connectivity index (χ0n) is 59.4. The molecule has 0 N–H and O–H groups in total. The maximum absolute atomic E-state index is 12.8. The summed E-state index contributed by atoms with van der Waals surface area (Å²) in [6.07, 6.45) is 22.1. The molecule has 9 aliphatic carbocycles. The van der Waals surface area contributed by atoms with Crippen LogP contribution in [-0.2, 0) is 76.3 Å². The van der Waals surface area contributed by atoms with E-state index in [4.69, 9.17) is 37.9 Å². The average Bonchev–Trinajstić information content (AvgIpc) is 0.912. The molecule has 0 aromatic rings. The molecule has 3 aliphatic heterocycles. The van der Waals surface area contributed by atoms with Gasteiger partial charge in [0.2, 0.25) is 0 Å². The Hall–Kier alpha value is -4.24. The molecule has 10 unspecified atom stereocenters. The number of unbranched alkanes of at least 4 members (excludes halogenated alkanes) is 1. The first-order valence-corrected chi connectivity index (χ1v) is 35.7. The first-order valence-electron chi connectivity index (χ1n) is 35.7. The standard InChI is InChI=1S/C19H32O2.C18H26O6.C14H20O4.C13H24O2.C10H20O2/c1-6-18(4,5)17(20)21-19(12(2)3)15-8-13-7-14(10-15)11-16(19)9-13;1-4-18(2,3)17(21)22-9-14(19)24-15-11-5-10-6-12(8-11)16(20)23-13(15)7-10;1-4-14(2,3)13(16)18-10-7-5-8-9(6-7)12(15)17-11(8)10;1-5-12(3,4)11(14)15-13(6-2)9-7-8-10-13;1-5-7-8-12-9(11)10(3,4)6-2/h12-16H,6-11H2,1-5H3;10-13,15H,4-9H2,1-3H3;7-11H,4-6H2,1-3H3;5-10H2,1-4H3;5-8H2,1-4H3. The molecule has 0 spiro atoms. The van der Waals surface area contributed by atoms with Crippen molar-refractivity contribution in [1.29, 1.82) is 0 Å². The van der Waals surface area contributed by atoms with Gasteiger partial charge in [0, 0.05) is 17.8 Å². The van der Waals surface area contributed by atoms with Crippen LogP contribution in [0.5, 0.6) is 0 Å². The summed E-state index contributed by atoms with van der Waals surface area (Å²) in [7, 11) is 0. The predicted octanol–water partition coefficient (Wildman–Crippen LogP) is 15.4. The van der Waals surface area contributed by atoms with E-state index >= 15 is 0 Å². The minimum atomic E-state index is -0.615. The summed E-state index contributed by atoms with van der Waals surface area (Å²) in [6.45, 7) is 38.1. The Morgan fingerprint density at radius 3 is 1.51 bits per heavy atom. The van der Waals surface area contributed by atoms with Crippen LogP contribution in [0.1, 0.15) is 279 Å². The predicted molar refractivity (Wildman–Crippen MR) is 344 cm³/mol. The quantitative estimate of drug-likeness (QED) is 0.0594. The van der Waals surface area contributed by atoms with Crippen molar-refractivity contribution in [2.24, 2.45) is 92.2 Å². The van der Waals surface area contributed by atoms with Crippen molar-refractivity contribution in [3.8, 4) is 0 Å². The number of esters is 8. The van der Waals surface area contributed by atoms with E-state index in [0.717, 1.165) is 108 Å². The van der Waals surface area contributed by atoms with Gasteiger partial charge in [0.15, 0.2) is 6.61 Å². The van der Waals surface area contributed by atoms with Crippen molar-refractivity contribution in [3.63, 3.8) is 0 Å². The monoisotopic (exact) mass is 1270 g/mol. The van der Waals surface area contributed by atoms with Crippen LogP contribution < -0.4 is 0 Å². The fourth-order valence-corrected chi connectivity index (χ4v) is 15.8. The van der Waals surface area contributed by atoms with Crippen molar-refractivity contribution < 1.29 is 76.3 Å². The molecule has 10 bridgehead atoms. The van der Waals surface area contributed by atoms with Crippen molar-refractivity contribution >= 4 is 47.8 Å². The van der Waals surface area contributed by atoms with E-state index in [2.05, 4.69) is 34.6 Å². The van der Waals surface area contributed by atoms with Crippen LogP contribution >= 0.6 is 0 Å². The van der Waals surface area contributed by atoms with Crippen molar-refractivity contribution in [2.45, 2.75) is 315 Å². The second kappa shape index (κ2) is 30.4. The minimum Gasteiger partial charge on any atom is -0.465 e. The molecule has 90 heavy (non-hydrogen) atoms. The normalized spacial score (nSPS) is 32.0. The maximum Gasteiger partial charge on any atom is 0.344 e. The molecule has 12 rings (SSSR count). The van der Waals surface area contributed by atoms with Gasteiger partial charge in [-0.05, 0) is 246 Å². The van der Waals surface area contributed by atoms with Gasteiger partial charge >= 0.3 is 47.8 Å². The molecule has 9 saturated carbocycles. The van der Waals surface area contributed by atoms with E-state index in [0.29, 0.717) is 48.5 Å². The lowest BCUT2D eigenvalue weighted by atomic mass is 9.47. The summed E-state index contributed by atoms with van der Waals surface area (Å²) in [5, 5.41) is 0. The zero-order chi connectivity index (χ0) is 67.1. The summed E-state index contributed by atoms with van der Waals surface area (Å²) in [5.74, 6) is 3.38. The highest BCUT2D eigenvalue weighted by Gasteiger charge is 2.64. The zero-order valence-corrected chi connectivity index (χ0v) is 59.4. The molecular formula is C74H122O16. The third-order valence-electron chi connectivity index (χ3n) is 24.1. The van der Waals surface area contributed by atoms with E-state index in [1.807, 2.05) is 83.1 Å². The molecular weight excluding hydrogens is 1140 g/mol. The Balaban J connectivity index is 0.000000183. The van der Waals surface area contributed by atoms with E-state index in [1.165, 1.54) is 44.9 Å². The summed E-state index contributed by atoms with van der Waals surface area (Å²) in [5.41, 5.74) is -2.37. The SMILES string of the molecule is CCC(C)(C)C(=O)OC1(C(C)C)C2CC3CC(C2)CC1C3.CCC(C)(C)C(=O)OC1C2CC3C(=O)OC1C3C2.CCC(C)(C)C(=O)OCC(=O)OC1C2CC3CC(C2)C(=O)OC1C3.CCC1(OC(=O)C(C)(C)CC)CCCC1.CCCCOC(=O)C(C)(C)CC. The molecule has 0 aromatic carbocycles. The number of hydrogen-bond acceptors (Lipinski definition) is 16. The number of fused-ring (bicyclic) bond motifs is 2. The van der Waals surface area contributed by atoms with Gasteiger partial charge in [-0.2, -0.15) is 0 Å². The summed E-state index contributed by atoms with van der Waals surface area (Å²) in [6, 6.07) is 0. The van der Waals surface area contributed by atoms with Crippen LogP contribution in [0.25, 0.3) is 0 Å². The average molecular weight is 1270 g/mol. The van der Waals surface area contributed by atoms with E-state index < -0.39 is 28.9 Å². The molecule has 12 aliphatic rings. The highest BCUT2D eigenvalue weighted by molar-refractivity contribution is 5.81. The number of carbonyl (C=O) groups excluding carboxylic acids is 8. The molecule has 514 valence electrons. The van der Waals surface area contributed by atoms with E-state index in [-0.39, 0.29) is 106 Å². The highest BCUT2D eigenvalue weighted by atomic mass is 16.6. The maximum atomic E-state index is 12.8. The molecule has 16 nitrogen and oxygen atoms in total. The molecule has 16 heteroatoms. The van der Waals surface area contributed by atoms with Crippen LogP contribution in [-0.4, -0.2) is 96.6 Å². The molecule has 10 atom stereocenters. The number of carbonyl (C=O) groups is 8. The second-order valence-electron chi connectivity index (χ2n) is 32.6. The molecule has 0 amide bonds. The smallest absolute Gasteiger partial charge is 0.344 e. The van der Waals surface area contributed by atoms with Gasteiger partial charge in [-0.25, -0.2) is 4.79 Å². The lowest BCUT2D eigenvalue weighted by Gasteiger charge is -2.62. The van der Waals surface area contributed by atoms with Gasteiger partial charge in [0.1, 0.15) is 35.6 Å². The molecule has 0 radical (unpaired) electrons. The third-order valence-corrected chi connectivity index (χ3v) is 24.1. The van der Waals surface area contributed by atoms with Crippen molar-refractivity contribution in [2.75, 3.05) is 13.2 Å². The fourth-order valence-electron chi connectivity index (χ4n) is 15.8. The Morgan fingerprint density at radius 2 is 1.00 bits per heavy atom. The molecule has 3 saturated heterocycles. The fraction of sp³-hybridized carbons (Fsp3) is 0.892. The van der Waals surface area contributed by atoms with Crippen LogP contribution in [0.2, 0.25) is 0 Å². The Labute approximate surface area is 542 Å². The van der Waals surface area contributed by atoms with Crippen LogP contribution in [0, 0.1) is 92.2 Å². The lowest BCUT2D eigenvalue weighted by molar-refractivity contribution is -0.231. The largest absolute Gasteiger partial charge is 0.465 e. The number of ether oxygens (including phenoxy) is 8. The number of rotatable bonds is 21. The Bertz CT molecular complexity index is 2450. The molecule has 12 fully saturated rings. The molecule has 3 heterocycles. The topological polar surface area (TPSA) is 210 Å². The third kappa shape index (κ3) is 17.2. The van der Waals surface area contributed by atoms with Crippen molar-refractivity contribution in [3.05, 3.63) is 0 Å². The van der Waals surface area contributed by atoms with E-state index in [9.17, 15) is 38.4 Å². The van der Waals surface area contributed by atoms with Gasteiger partial charge in [0.05, 0.1) is 45.5 Å². The van der Waals surface area contributed by atoms with Gasteiger partial charge in [-0.15, -0.1) is 0 Å². The summed E-state index contributed by atoms with van der Waals surface area (Å²) < 4.78 is 44.5. The highest BCUT2D eigenvalue weighted by Crippen LogP contribution is 2.62. The van der Waals surface area contributed by atoms with E-state index in [1.54, 1.807) is 13.8 Å². The lowest BCUT2D eigenvalue weighted by Crippen LogP contribution is -2.63. The Morgan fingerprint density at radius 1 is 0.511 bits per heavy atom. The van der Waals surface area contributed by atoms with Crippen LogP contribution in [0.15, 0.2) is 0 Å². The van der Waals surface area contributed by atoms with Gasteiger partial charge < -0.3 is 37.9 Å². The van der Waals surface area contributed by atoms with Gasteiger partial charge in [-0.3, -0.25) is 33.6 Å². The van der Waals surface area contributed by atoms with Gasteiger partial charge in [-0.1, -0.05) is 68.7 Å². The minimum absolute atomic E-state index is 0.0197. The second-order valence-corrected chi connectivity index (χ2v) is 32.6.